The molecule has 120 valence electrons. The minimum atomic E-state index is -4.44. The fraction of sp³-hybridized carbons (Fsp3) is 0.385. The number of hydrogen-bond donors (Lipinski definition) is 3. The molecule has 0 aliphatic carbocycles. The van der Waals surface area contributed by atoms with Crippen LogP contribution in [0.5, 0.6) is 0 Å². The van der Waals surface area contributed by atoms with E-state index in [4.69, 9.17) is 0 Å². The zero-order chi connectivity index (χ0) is 16.3. The molecule has 3 N–H and O–H groups in total. The SMILES string of the molecule is O=C1NCCN1C(=O)NC[C@@H](O)c1ccc(C(F)(F)F)cc1. The Bertz CT molecular complexity index is 560. The molecule has 0 spiro atoms. The highest BCUT2D eigenvalue weighted by atomic mass is 19.4. The Morgan fingerprint density at radius 2 is 2.00 bits per heavy atom. The maximum atomic E-state index is 12.4. The molecule has 1 heterocycles. The van der Waals surface area contributed by atoms with Crippen LogP contribution in [0.3, 0.4) is 0 Å². The van der Waals surface area contributed by atoms with E-state index < -0.39 is 29.9 Å². The van der Waals surface area contributed by atoms with Gasteiger partial charge in [-0.2, -0.15) is 13.2 Å². The quantitative estimate of drug-likeness (QED) is 0.790. The predicted molar refractivity (Wildman–Crippen MR) is 69.9 cm³/mol. The average molecular weight is 317 g/mol. The number of carbonyl (C=O) groups is 2. The molecule has 2 rings (SSSR count). The van der Waals surface area contributed by atoms with Gasteiger partial charge in [0.25, 0.3) is 0 Å². The molecule has 9 heteroatoms. The number of aliphatic hydroxyl groups excluding tert-OH is 1. The van der Waals surface area contributed by atoms with Crippen molar-refractivity contribution in [3.63, 3.8) is 0 Å². The average Bonchev–Trinajstić information content (AvgIpc) is 2.90. The van der Waals surface area contributed by atoms with Gasteiger partial charge in [0, 0.05) is 19.6 Å². The maximum Gasteiger partial charge on any atom is 0.416 e. The third kappa shape index (κ3) is 3.67. The van der Waals surface area contributed by atoms with Gasteiger partial charge in [-0.25, -0.2) is 14.5 Å². The van der Waals surface area contributed by atoms with Gasteiger partial charge >= 0.3 is 18.2 Å². The molecule has 1 atom stereocenters. The van der Waals surface area contributed by atoms with Crippen LogP contribution in [-0.2, 0) is 6.18 Å². The maximum absolute atomic E-state index is 12.4. The Labute approximate surface area is 123 Å². The molecule has 6 nitrogen and oxygen atoms in total. The number of alkyl halides is 3. The molecule has 1 aliphatic rings. The summed E-state index contributed by atoms with van der Waals surface area (Å²) in [6.45, 7) is 0.364. The van der Waals surface area contributed by atoms with Crippen LogP contribution < -0.4 is 10.6 Å². The van der Waals surface area contributed by atoms with E-state index in [2.05, 4.69) is 10.6 Å². The van der Waals surface area contributed by atoms with E-state index in [0.717, 1.165) is 29.2 Å². The lowest BCUT2D eigenvalue weighted by Crippen LogP contribution is -2.43. The molecular formula is C13H14F3N3O3. The highest BCUT2D eigenvalue weighted by Gasteiger charge is 2.30. The van der Waals surface area contributed by atoms with E-state index in [-0.39, 0.29) is 18.7 Å². The summed E-state index contributed by atoms with van der Waals surface area (Å²) in [6, 6.07) is 2.80. The highest BCUT2D eigenvalue weighted by Crippen LogP contribution is 2.29. The van der Waals surface area contributed by atoms with Crippen LogP contribution in [0, 0.1) is 0 Å². The Hall–Kier alpha value is -2.29. The van der Waals surface area contributed by atoms with Crippen molar-refractivity contribution in [1.29, 1.82) is 0 Å². The molecule has 0 aromatic heterocycles. The molecule has 1 aromatic carbocycles. The lowest BCUT2D eigenvalue weighted by molar-refractivity contribution is -0.137. The molecule has 22 heavy (non-hydrogen) atoms. The molecule has 1 saturated heterocycles. The lowest BCUT2D eigenvalue weighted by atomic mass is 10.1. The topological polar surface area (TPSA) is 81.7 Å². The summed E-state index contributed by atoms with van der Waals surface area (Å²) in [6.07, 6.45) is -5.61. The number of rotatable bonds is 3. The zero-order valence-electron chi connectivity index (χ0n) is 11.4. The highest BCUT2D eigenvalue weighted by molar-refractivity contribution is 5.94. The van der Waals surface area contributed by atoms with E-state index in [0.29, 0.717) is 6.54 Å². The number of halogens is 3. The molecule has 1 aliphatic heterocycles. The third-order valence-corrected chi connectivity index (χ3v) is 3.17. The lowest BCUT2D eigenvalue weighted by Gasteiger charge is -2.17. The van der Waals surface area contributed by atoms with Crippen LogP contribution in [0.25, 0.3) is 0 Å². The fourth-order valence-corrected chi connectivity index (χ4v) is 1.96. The Morgan fingerprint density at radius 1 is 1.36 bits per heavy atom. The number of hydrogen-bond acceptors (Lipinski definition) is 3. The summed E-state index contributed by atoms with van der Waals surface area (Å²) in [5, 5.41) is 14.7. The van der Waals surface area contributed by atoms with Crippen LogP contribution in [-0.4, -0.2) is 41.7 Å². The number of nitrogens with zero attached hydrogens (tertiary/aromatic N) is 1. The first-order chi connectivity index (χ1) is 10.3. The number of amides is 4. The molecule has 4 amide bonds. The van der Waals surface area contributed by atoms with Gasteiger partial charge in [0.15, 0.2) is 0 Å². The number of urea groups is 2. The molecule has 1 aromatic rings. The fourth-order valence-electron chi connectivity index (χ4n) is 1.96. The van der Waals surface area contributed by atoms with Crippen LogP contribution in [0.4, 0.5) is 22.8 Å². The number of nitrogens with one attached hydrogen (secondary N) is 2. The van der Waals surface area contributed by atoms with Gasteiger partial charge in [0.1, 0.15) is 0 Å². The number of carbonyl (C=O) groups excluding carboxylic acids is 2. The zero-order valence-corrected chi connectivity index (χ0v) is 11.4. The van der Waals surface area contributed by atoms with Gasteiger partial charge < -0.3 is 15.7 Å². The summed E-state index contributed by atoms with van der Waals surface area (Å²) >= 11 is 0. The van der Waals surface area contributed by atoms with E-state index >= 15 is 0 Å². The molecule has 0 unspecified atom stereocenters. The summed E-state index contributed by atoms with van der Waals surface area (Å²) in [5.41, 5.74) is -0.583. The molecule has 0 saturated carbocycles. The van der Waals surface area contributed by atoms with Crippen molar-refractivity contribution >= 4 is 12.1 Å². The van der Waals surface area contributed by atoms with Gasteiger partial charge in [-0.05, 0) is 17.7 Å². The van der Waals surface area contributed by atoms with Crippen molar-refractivity contribution in [2.45, 2.75) is 12.3 Å². The van der Waals surface area contributed by atoms with Gasteiger partial charge in [-0.1, -0.05) is 12.1 Å². The molecule has 0 radical (unpaired) electrons. The van der Waals surface area contributed by atoms with Gasteiger partial charge in [0.05, 0.1) is 11.7 Å². The first-order valence-corrected chi connectivity index (χ1v) is 6.47. The second kappa shape index (κ2) is 6.22. The van der Waals surface area contributed by atoms with Gasteiger partial charge in [0.2, 0.25) is 0 Å². The second-order valence-corrected chi connectivity index (χ2v) is 4.71. The Morgan fingerprint density at radius 3 is 2.50 bits per heavy atom. The van der Waals surface area contributed by atoms with Crippen LogP contribution in [0.15, 0.2) is 24.3 Å². The van der Waals surface area contributed by atoms with Gasteiger partial charge in [-0.15, -0.1) is 0 Å². The number of benzene rings is 1. The van der Waals surface area contributed by atoms with Crippen molar-refractivity contribution in [1.82, 2.24) is 15.5 Å². The smallest absolute Gasteiger partial charge is 0.387 e. The van der Waals surface area contributed by atoms with Crippen LogP contribution >= 0.6 is 0 Å². The Balaban J connectivity index is 1.90. The van der Waals surface area contributed by atoms with Gasteiger partial charge in [-0.3, -0.25) is 0 Å². The number of imide groups is 1. The largest absolute Gasteiger partial charge is 0.416 e. The third-order valence-electron chi connectivity index (χ3n) is 3.17. The summed E-state index contributed by atoms with van der Waals surface area (Å²) in [7, 11) is 0. The molecule has 0 bridgehead atoms. The van der Waals surface area contributed by atoms with E-state index in [9.17, 15) is 27.9 Å². The van der Waals surface area contributed by atoms with Crippen LogP contribution in [0.2, 0.25) is 0 Å². The molecular weight excluding hydrogens is 303 g/mol. The molecule has 1 fully saturated rings. The summed E-state index contributed by atoms with van der Waals surface area (Å²) in [4.78, 5) is 23.9. The van der Waals surface area contributed by atoms with E-state index in [1.165, 1.54) is 0 Å². The standard InChI is InChI=1S/C13H14F3N3O3/c14-13(15,16)9-3-1-8(2-4-9)10(20)7-18-12(22)19-6-5-17-11(19)21/h1-4,10,20H,5-7H2,(H,17,21)(H,18,22)/t10-/m1/s1. The summed E-state index contributed by atoms with van der Waals surface area (Å²) in [5.74, 6) is 0. The minimum Gasteiger partial charge on any atom is -0.387 e. The van der Waals surface area contributed by atoms with Crippen molar-refractivity contribution < 1.29 is 27.9 Å². The monoisotopic (exact) mass is 317 g/mol. The Kier molecular flexibility index (Phi) is 4.55. The van der Waals surface area contributed by atoms with Crippen molar-refractivity contribution in [3.05, 3.63) is 35.4 Å². The van der Waals surface area contributed by atoms with Crippen LogP contribution in [0.1, 0.15) is 17.2 Å². The van der Waals surface area contributed by atoms with Crippen molar-refractivity contribution in [2.24, 2.45) is 0 Å². The normalized spacial score (nSPS) is 16.4. The first kappa shape index (κ1) is 16.1. The van der Waals surface area contributed by atoms with E-state index in [1.54, 1.807) is 0 Å². The van der Waals surface area contributed by atoms with Crippen molar-refractivity contribution in [2.75, 3.05) is 19.6 Å². The predicted octanol–water partition coefficient (Wildman–Crippen LogP) is 1.47. The van der Waals surface area contributed by atoms with E-state index in [1.807, 2.05) is 0 Å². The number of aliphatic hydroxyl groups is 1. The first-order valence-electron chi connectivity index (χ1n) is 6.47. The van der Waals surface area contributed by atoms with Crippen molar-refractivity contribution in [3.8, 4) is 0 Å². The minimum absolute atomic E-state index is 0.214. The second-order valence-electron chi connectivity index (χ2n) is 4.71. The summed E-state index contributed by atoms with van der Waals surface area (Å²) < 4.78 is 37.3.